The molecule has 0 radical (unpaired) electrons. The Bertz CT molecular complexity index is 652. The summed E-state index contributed by atoms with van der Waals surface area (Å²) in [7, 11) is 0. The summed E-state index contributed by atoms with van der Waals surface area (Å²) in [6.07, 6.45) is 2.05. The zero-order valence-corrected chi connectivity index (χ0v) is 13.1. The molecule has 0 bridgehead atoms. The lowest BCUT2D eigenvalue weighted by Crippen LogP contribution is -2.16. The highest BCUT2D eigenvalue weighted by Gasteiger charge is 1.99. The molecule has 0 saturated heterocycles. The Balaban J connectivity index is 1.72. The molecule has 0 atom stereocenters. The highest BCUT2D eigenvalue weighted by molar-refractivity contribution is 5.28. The van der Waals surface area contributed by atoms with Crippen molar-refractivity contribution < 1.29 is 9.13 Å². The second-order valence-electron chi connectivity index (χ2n) is 5.31. The number of hydrogen-bond acceptors (Lipinski definition) is 3. The van der Waals surface area contributed by atoms with E-state index >= 15 is 0 Å². The summed E-state index contributed by atoms with van der Waals surface area (Å²) in [5, 5.41) is 11.8. The molecular weight excluding hydrogens is 291 g/mol. The van der Waals surface area contributed by atoms with E-state index in [-0.39, 0.29) is 5.82 Å². The number of ether oxygens (including phenoxy) is 1. The molecule has 2 aromatic rings. The van der Waals surface area contributed by atoms with Crippen LogP contribution in [0.1, 0.15) is 24.0 Å². The Morgan fingerprint density at radius 1 is 1.09 bits per heavy atom. The largest absolute Gasteiger partial charge is 0.494 e. The van der Waals surface area contributed by atoms with Crippen LogP contribution in [0.5, 0.6) is 5.75 Å². The van der Waals surface area contributed by atoms with Crippen molar-refractivity contribution in [2.45, 2.75) is 25.8 Å². The van der Waals surface area contributed by atoms with Crippen LogP contribution in [-0.2, 0) is 13.0 Å². The van der Waals surface area contributed by atoms with Gasteiger partial charge in [0.15, 0.2) is 0 Å². The molecule has 0 spiro atoms. The molecule has 0 aliphatic heterocycles. The van der Waals surface area contributed by atoms with E-state index in [0.29, 0.717) is 13.0 Å². The Hall–Kier alpha value is -2.38. The number of benzene rings is 2. The molecule has 0 saturated carbocycles. The number of nitrogens with one attached hydrogen (secondary N) is 1. The van der Waals surface area contributed by atoms with Crippen molar-refractivity contribution in [2.75, 3.05) is 13.2 Å². The molecular formula is C19H21FN2O. The van der Waals surface area contributed by atoms with Crippen molar-refractivity contribution in [1.29, 1.82) is 5.26 Å². The van der Waals surface area contributed by atoms with Crippen LogP contribution in [0.4, 0.5) is 4.39 Å². The first-order valence-electron chi connectivity index (χ1n) is 7.82. The summed E-state index contributed by atoms with van der Waals surface area (Å²) < 4.78 is 18.7. The standard InChI is InChI=1S/C19H21FN2O/c20-18-7-3-5-16(13-18)9-11-22-15-17-6-4-8-19(14-17)23-12-2-1-10-21/h3-8,13-14,22H,1-2,9,11-12,15H2. The molecule has 4 heteroatoms. The lowest BCUT2D eigenvalue weighted by atomic mass is 10.1. The van der Waals surface area contributed by atoms with Gasteiger partial charge in [-0.15, -0.1) is 0 Å². The van der Waals surface area contributed by atoms with Crippen LogP contribution in [0.25, 0.3) is 0 Å². The minimum Gasteiger partial charge on any atom is -0.494 e. The van der Waals surface area contributed by atoms with Crippen molar-refractivity contribution in [1.82, 2.24) is 5.32 Å². The molecule has 2 rings (SSSR count). The van der Waals surface area contributed by atoms with Gasteiger partial charge in [-0.2, -0.15) is 5.26 Å². The normalized spacial score (nSPS) is 10.3. The topological polar surface area (TPSA) is 45.0 Å². The molecule has 1 N–H and O–H groups in total. The summed E-state index contributed by atoms with van der Waals surface area (Å²) in [6, 6.07) is 16.7. The van der Waals surface area contributed by atoms with Crippen molar-refractivity contribution in [2.24, 2.45) is 0 Å². The van der Waals surface area contributed by atoms with Gasteiger partial charge < -0.3 is 10.1 Å². The zero-order chi connectivity index (χ0) is 16.3. The van der Waals surface area contributed by atoms with Crippen molar-refractivity contribution >= 4 is 0 Å². The molecule has 0 fully saturated rings. The Kier molecular flexibility index (Phi) is 7.09. The van der Waals surface area contributed by atoms with Crippen molar-refractivity contribution in [3.63, 3.8) is 0 Å². The van der Waals surface area contributed by atoms with Crippen LogP contribution in [0.15, 0.2) is 48.5 Å². The van der Waals surface area contributed by atoms with Crippen LogP contribution < -0.4 is 10.1 Å². The van der Waals surface area contributed by atoms with Gasteiger partial charge in [0.25, 0.3) is 0 Å². The Morgan fingerprint density at radius 2 is 1.91 bits per heavy atom. The smallest absolute Gasteiger partial charge is 0.123 e. The zero-order valence-electron chi connectivity index (χ0n) is 13.1. The molecule has 0 heterocycles. The summed E-state index contributed by atoms with van der Waals surface area (Å²) in [6.45, 7) is 2.09. The van der Waals surface area contributed by atoms with E-state index < -0.39 is 0 Å². The van der Waals surface area contributed by atoms with Gasteiger partial charge in [-0.25, -0.2) is 4.39 Å². The maximum absolute atomic E-state index is 13.1. The van der Waals surface area contributed by atoms with Gasteiger partial charge in [0.05, 0.1) is 12.7 Å². The lowest BCUT2D eigenvalue weighted by Gasteiger charge is -2.08. The summed E-state index contributed by atoms with van der Waals surface area (Å²) in [5.74, 6) is 0.635. The molecule has 0 amide bonds. The second kappa shape index (κ2) is 9.60. The summed E-state index contributed by atoms with van der Waals surface area (Å²) in [5.41, 5.74) is 2.13. The number of unbranched alkanes of at least 4 members (excludes halogenated alkanes) is 1. The van der Waals surface area contributed by atoms with Gasteiger partial charge in [-0.1, -0.05) is 24.3 Å². The predicted molar refractivity (Wildman–Crippen MR) is 88.6 cm³/mol. The average molecular weight is 312 g/mol. The average Bonchev–Trinajstić information content (AvgIpc) is 2.56. The van der Waals surface area contributed by atoms with Crippen LogP contribution in [-0.4, -0.2) is 13.2 Å². The SMILES string of the molecule is N#CCCCOc1cccc(CNCCc2cccc(F)c2)c1. The van der Waals surface area contributed by atoms with Gasteiger partial charge in [0.1, 0.15) is 11.6 Å². The maximum atomic E-state index is 13.1. The third-order valence-electron chi connectivity index (χ3n) is 3.41. The van der Waals surface area contributed by atoms with Gasteiger partial charge in [-0.3, -0.25) is 0 Å². The minimum absolute atomic E-state index is 0.191. The summed E-state index contributed by atoms with van der Waals surface area (Å²) >= 11 is 0. The van der Waals surface area contributed by atoms with Crippen LogP contribution in [0.3, 0.4) is 0 Å². The third kappa shape index (κ3) is 6.50. The van der Waals surface area contributed by atoms with Gasteiger partial charge in [0, 0.05) is 13.0 Å². The molecule has 3 nitrogen and oxygen atoms in total. The predicted octanol–water partition coefficient (Wildman–Crippen LogP) is 3.84. The van der Waals surface area contributed by atoms with E-state index in [2.05, 4.69) is 11.4 Å². The fourth-order valence-corrected chi connectivity index (χ4v) is 2.24. The number of nitrogens with zero attached hydrogens (tertiary/aromatic N) is 1. The van der Waals surface area contributed by atoms with Gasteiger partial charge in [0.2, 0.25) is 0 Å². The highest BCUT2D eigenvalue weighted by atomic mass is 19.1. The van der Waals surface area contributed by atoms with E-state index in [1.54, 1.807) is 12.1 Å². The monoisotopic (exact) mass is 312 g/mol. The van der Waals surface area contributed by atoms with Crippen molar-refractivity contribution in [3.05, 3.63) is 65.5 Å². The molecule has 0 unspecified atom stereocenters. The third-order valence-corrected chi connectivity index (χ3v) is 3.41. The molecule has 2 aromatic carbocycles. The fourth-order valence-electron chi connectivity index (χ4n) is 2.24. The molecule has 0 aliphatic carbocycles. The lowest BCUT2D eigenvalue weighted by molar-refractivity contribution is 0.312. The van der Waals surface area contributed by atoms with Crippen LogP contribution in [0.2, 0.25) is 0 Å². The Labute approximate surface area is 136 Å². The molecule has 120 valence electrons. The quantitative estimate of drug-likeness (QED) is 0.716. The first-order valence-corrected chi connectivity index (χ1v) is 7.82. The number of rotatable bonds is 9. The highest BCUT2D eigenvalue weighted by Crippen LogP contribution is 2.13. The maximum Gasteiger partial charge on any atom is 0.123 e. The van der Waals surface area contributed by atoms with E-state index in [9.17, 15) is 4.39 Å². The molecule has 0 aliphatic rings. The Morgan fingerprint density at radius 3 is 2.74 bits per heavy atom. The van der Waals surface area contributed by atoms with Crippen LogP contribution >= 0.6 is 0 Å². The first kappa shape index (κ1) is 17.0. The van der Waals surface area contributed by atoms with Crippen molar-refractivity contribution in [3.8, 4) is 11.8 Å². The van der Waals surface area contributed by atoms with E-state index in [4.69, 9.17) is 10.00 Å². The van der Waals surface area contributed by atoms with E-state index in [1.165, 1.54) is 6.07 Å². The number of hydrogen-bond donors (Lipinski definition) is 1. The fraction of sp³-hybridized carbons (Fsp3) is 0.316. The first-order chi connectivity index (χ1) is 11.3. The molecule has 23 heavy (non-hydrogen) atoms. The molecule has 0 aromatic heterocycles. The van der Waals surface area contributed by atoms with Gasteiger partial charge in [-0.05, 0) is 54.8 Å². The van der Waals surface area contributed by atoms with E-state index in [0.717, 1.165) is 42.8 Å². The van der Waals surface area contributed by atoms with Gasteiger partial charge >= 0.3 is 0 Å². The van der Waals surface area contributed by atoms with E-state index in [1.807, 2.05) is 30.3 Å². The minimum atomic E-state index is -0.191. The number of halogens is 1. The second-order valence-corrected chi connectivity index (χ2v) is 5.31. The van der Waals surface area contributed by atoms with Crippen LogP contribution in [0, 0.1) is 17.1 Å². The summed E-state index contributed by atoms with van der Waals surface area (Å²) in [4.78, 5) is 0. The number of nitriles is 1.